The summed E-state index contributed by atoms with van der Waals surface area (Å²) >= 11 is 2.89. The molecule has 8 heteroatoms. The number of ether oxygens (including phenoxy) is 2. The molecule has 1 aromatic rings. The molecule has 0 unspecified atom stereocenters. The zero-order valence-corrected chi connectivity index (χ0v) is 9.74. The van der Waals surface area contributed by atoms with Gasteiger partial charge in [0.05, 0.1) is 6.61 Å². The Bertz CT molecular complexity index is 394. The van der Waals surface area contributed by atoms with Gasteiger partial charge in [-0.25, -0.2) is 4.39 Å². The minimum absolute atomic E-state index is 0.211. The third-order valence-corrected chi connectivity index (χ3v) is 2.02. The fraction of sp³-hybridized carbons (Fsp3) is 0.333. The zero-order chi connectivity index (χ0) is 13.1. The van der Waals surface area contributed by atoms with Crippen molar-refractivity contribution in [2.75, 3.05) is 13.2 Å². The molecule has 0 fully saturated rings. The highest BCUT2D eigenvalue weighted by Gasteiger charge is 2.28. The molecule has 96 valence electrons. The molecule has 0 heterocycles. The van der Waals surface area contributed by atoms with E-state index >= 15 is 0 Å². The average Bonchev–Trinajstić information content (AvgIpc) is 2.18. The van der Waals surface area contributed by atoms with Gasteiger partial charge in [-0.3, -0.25) is 4.74 Å². The van der Waals surface area contributed by atoms with Crippen LogP contribution < -0.4 is 4.74 Å². The normalized spacial score (nSPS) is 11.6. The van der Waals surface area contributed by atoms with Crippen LogP contribution in [-0.2, 0) is 4.74 Å². The summed E-state index contributed by atoms with van der Waals surface area (Å²) in [6.45, 7) is -1.36. The van der Waals surface area contributed by atoms with Crippen LogP contribution in [0.3, 0.4) is 0 Å². The molecule has 0 aliphatic heterocycles. The second-order valence-electron chi connectivity index (χ2n) is 2.84. The lowest BCUT2D eigenvalue weighted by atomic mass is 10.3. The fourth-order valence-corrected chi connectivity index (χ4v) is 1.36. The van der Waals surface area contributed by atoms with Crippen molar-refractivity contribution in [1.82, 2.24) is 0 Å². The fourth-order valence-electron chi connectivity index (χ4n) is 0.946. The highest BCUT2D eigenvalue weighted by Crippen LogP contribution is 2.25. The standard InChI is InChI=1S/C9H6BrF5O2/c10-5-3-6(11)8(12)7(4-5)16-1-2-17-9(13,14)15/h3-4H,1-2H2. The second kappa shape index (κ2) is 5.63. The van der Waals surface area contributed by atoms with Gasteiger partial charge < -0.3 is 4.74 Å². The van der Waals surface area contributed by atoms with Gasteiger partial charge in [-0.1, -0.05) is 15.9 Å². The molecule has 0 aliphatic carbocycles. The third-order valence-electron chi connectivity index (χ3n) is 1.57. The molecule has 1 aromatic carbocycles. The maximum Gasteiger partial charge on any atom is 0.522 e. The minimum atomic E-state index is -4.77. The Hall–Kier alpha value is -0.890. The molecular weight excluding hydrogens is 315 g/mol. The van der Waals surface area contributed by atoms with E-state index in [0.717, 1.165) is 12.1 Å². The number of alkyl halides is 3. The molecule has 0 bridgehead atoms. The molecule has 0 aromatic heterocycles. The van der Waals surface area contributed by atoms with Crippen LogP contribution in [0, 0.1) is 11.6 Å². The van der Waals surface area contributed by atoms with E-state index in [2.05, 4.69) is 25.4 Å². The van der Waals surface area contributed by atoms with E-state index < -0.39 is 37.0 Å². The van der Waals surface area contributed by atoms with E-state index in [-0.39, 0.29) is 4.47 Å². The van der Waals surface area contributed by atoms with Crippen LogP contribution in [0.15, 0.2) is 16.6 Å². The van der Waals surface area contributed by atoms with Crippen LogP contribution in [0.2, 0.25) is 0 Å². The van der Waals surface area contributed by atoms with Crippen molar-refractivity contribution < 1.29 is 31.4 Å². The number of benzene rings is 1. The first-order valence-corrected chi connectivity index (χ1v) is 5.07. The summed E-state index contributed by atoms with van der Waals surface area (Å²) in [6.07, 6.45) is -4.77. The first kappa shape index (κ1) is 14.2. The van der Waals surface area contributed by atoms with Crippen molar-refractivity contribution >= 4 is 15.9 Å². The van der Waals surface area contributed by atoms with Crippen LogP contribution in [0.1, 0.15) is 0 Å². The molecule has 2 nitrogen and oxygen atoms in total. The first-order chi connectivity index (χ1) is 7.79. The van der Waals surface area contributed by atoms with E-state index in [1.165, 1.54) is 0 Å². The zero-order valence-electron chi connectivity index (χ0n) is 8.15. The summed E-state index contributed by atoms with van der Waals surface area (Å²) in [6, 6.07) is 1.97. The molecule has 0 radical (unpaired) electrons. The topological polar surface area (TPSA) is 18.5 Å². The molecule has 0 spiro atoms. The van der Waals surface area contributed by atoms with Crippen molar-refractivity contribution in [2.45, 2.75) is 6.36 Å². The lowest BCUT2D eigenvalue weighted by Gasteiger charge is -2.10. The van der Waals surface area contributed by atoms with Gasteiger partial charge in [0, 0.05) is 4.47 Å². The third kappa shape index (κ3) is 4.86. The summed E-state index contributed by atoms with van der Waals surface area (Å²) in [5, 5.41) is 0. The summed E-state index contributed by atoms with van der Waals surface area (Å²) in [7, 11) is 0. The number of rotatable bonds is 4. The largest absolute Gasteiger partial charge is 0.522 e. The Kier molecular flexibility index (Phi) is 4.70. The highest BCUT2D eigenvalue weighted by atomic mass is 79.9. The van der Waals surface area contributed by atoms with Crippen molar-refractivity contribution in [1.29, 1.82) is 0 Å². The van der Waals surface area contributed by atoms with Crippen molar-refractivity contribution in [2.24, 2.45) is 0 Å². The maximum atomic E-state index is 13.1. The first-order valence-electron chi connectivity index (χ1n) is 4.27. The van der Waals surface area contributed by atoms with Gasteiger partial charge in [-0.05, 0) is 12.1 Å². The van der Waals surface area contributed by atoms with Crippen molar-refractivity contribution in [3.63, 3.8) is 0 Å². The van der Waals surface area contributed by atoms with Gasteiger partial charge in [0.25, 0.3) is 0 Å². The Morgan fingerprint density at radius 1 is 1.12 bits per heavy atom. The summed E-state index contributed by atoms with van der Waals surface area (Å²) in [5.74, 6) is -2.91. The van der Waals surface area contributed by atoms with Gasteiger partial charge in [-0.15, -0.1) is 13.2 Å². The van der Waals surface area contributed by atoms with Gasteiger partial charge in [0.15, 0.2) is 11.6 Å². The van der Waals surface area contributed by atoms with Crippen LogP contribution in [0.5, 0.6) is 5.75 Å². The monoisotopic (exact) mass is 320 g/mol. The SMILES string of the molecule is Fc1cc(Br)cc(OCCOC(F)(F)F)c1F. The van der Waals surface area contributed by atoms with Gasteiger partial charge in [0.2, 0.25) is 5.82 Å². The van der Waals surface area contributed by atoms with E-state index in [9.17, 15) is 22.0 Å². The Morgan fingerprint density at radius 2 is 1.76 bits per heavy atom. The van der Waals surface area contributed by atoms with Crippen LogP contribution in [0.25, 0.3) is 0 Å². The lowest BCUT2D eigenvalue weighted by molar-refractivity contribution is -0.325. The van der Waals surface area contributed by atoms with E-state index in [1.807, 2.05) is 0 Å². The molecule has 0 saturated heterocycles. The maximum absolute atomic E-state index is 13.1. The summed E-state index contributed by atoms with van der Waals surface area (Å²) < 4.78 is 68.8. The Labute approximate surface area is 101 Å². The summed E-state index contributed by atoms with van der Waals surface area (Å²) in [5.41, 5.74) is 0. The molecule has 0 atom stereocenters. The molecule has 0 saturated carbocycles. The predicted octanol–water partition coefficient (Wildman–Crippen LogP) is 3.64. The van der Waals surface area contributed by atoms with Crippen molar-refractivity contribution in [3.05, 3.63) is 28.2 Å². The smallest absolute Gasteiger partial charge is 0.488 e. The molecule has 17 heavy (non-hydrogen) atoms. The van der Waals surface area contributed by atoms with E-state index in [0.29, 0.717) is 0 Å². The molecular formula is C9H6BrF5O2. The highest BCUT2D eigenvalue weighted by molar-refractivity contribution is 9.10. The number of halogens is 6. The summed E-state index contributed by atoms with van der Waals surface area (Å²) in [4.78, 5) is 0. The van der Waals surface area contributed by atoms with Crippen LogP contribution >= 0.6 is 15.9 Å². The van der Waals surface area contributed by atoms with E-state index in [1.54, 1.807) is 0 Å². The van der Waals surface area contributed by atoms with Gasteiger partial charge in [0.1, 0.15) is 6.61 Å². The van der Waals surface area contributed by atoms with Crippen molar-refractivity contribution in [3.8, 4) is 5.75 Å². The average molecular weight is 321 g/mol. The second-order valence-corrected chi connectivity index (χ2v) is 3.76. The van der Waals surface area contributed by atoms with E-state index in [4.69, 9.17) is 0 Å². The lowest BCUT2D eigenvalue weighted by Crippen LogP contribution is -2.18. The Balaban J connectivity index is 2.52. The predicted molar refractivity (Wildman–Crippen MR) is 51.6 cm³/mol. The number of hydrogen-bond donors (Lipinski definition) is 0. The quantitative estimate of drug-likeness (QED) is 0.479. The van der Waals surface area contributed by atoms with Gasteiger partial charge >= 0.3 is 6.36 Å². The minimum Gasteiger partial charge on any atom is -0.488 e. The molecule has 0 amide bonds. The van der Waals surface area contributed by atoms with Crippen LogP contribution in [0.4, 0.5) is 22.0 Å². The Morgan fingerprint density at radius 3 is 2.35 bits per heavy atom. The number of hydrogen-bond acceptors (Lipinski definition) is 2. The molecule has 0 aliphatic rings. The van der Waals surface area contributed by atoms with Crippen LogP contribution in [-0.4, -0.2) is 19.6 Å². The molecule has 0 N–H and O–H groups in total. The molecule has 1 rings (SSSR count). The van der Waals surface area contributed by atoms with Gasteiger partial charge in [-0.2, -0.15) is 4.39 Å².